The van der Waals surface area contributed by atoms with Crippen LogP contribution < -0.4 is 10.6 Å². The Morgan fingerprint density at radius 1 is 1.17 bits per heavy atom. The number of halogens is 1. The highest BCUT2D eigenvalue weighted by molar-refractivity contribution is 5.74. The van der Waals surface area contributed by atoms with E-state index in [1.165, 1.54) is 13.2 Å². The summed E-state index contributed by atoms with van der Waals surface area (Å²) >= 11 is 0. The molecule has 122 valence electrons. The number of hydrogen-bond donors (Lipinski definition) is 2. The highest BCUT2D eigenvalue weighted by Gasteiger charge is 2.07. The number of carbonyl (C=O) groups excluding carboxylic acids is 1. The lowest BCUT2D eigenvalue weighted by atomic mass is 10.1. The molecule has 2 aromatic rings. The minimum absolute atomic E-state index is 0.0873. The smallest absolute Gasteiger partial charge is 0.325 e. The third-order valence-corrected chi connectivity index (χ3v) is 3.63. The van der Waals surface area contributed by atoms with E-state index in [1.54, 1.807) is 12.1 Å². The van der Waals surface area contributed by atoms with Crippen LogP contribution in [0.15, 0.2) is 48.5 Å². The number of ether oxygens (including phenoxy) is 1. The predicted molar refractivity (Wildman–Crippen MR) is 88.6 cm³/mol. The van der Waals surface area contributed by atoms with E-state index in [9.17, 15) is 9.18 Å². The fourth-order valence-corrected chi connectivity index (χ4v) is 2.16. The largest absolute Gasteiger partial charge is 0.468 e. The second-order valence-corrected chi connectivity index (χ2v) is 5.25. The summed E-state index contributed by atoms with van der Waals surface area (Å²) in [7, 11) is 1.36. The zero-order valence-electron chi connectivity index (χ0n) is 13.3. The molecule has 0 heterocycles. The van der Waals surface area contributed by atoms with Crippen LogP contribution in [0.25, 0.3) is 0 Å². The molecule has 0 saturated carbocycles. The predicted octanol–water partition coefficient (Wildman–Crippen LogP) is 3.26. The van der Waals surface area contributed by atoms with Crippen molar-refractivity contribution in [1.82, 2.24) is 5.32 Å². The Hall–Kier alpha value is -2.40. The second kappa shape index (κ2) is 8.29. The van der Waals surface area contributed by atoms with Gasteiger partial charge < -0.3 is 15.4 Å². The van der Waals surface area contributed by atoms with Crippen molar-refractivity contribution in [2.45, 2.75) is 19.5 Å². The van der Waals surface area contributed by atoms with Crippen LogP contribution in [0.4, 0.5) is 10.1 Å². The maximum absolute atomic E-state index is 13.6. The molecule has 5 heteroatoms. The van der Waals surface area contributed by atoms with E-state index in [2.05, 4.69) is 15.4 Å². The molecule has 0 radical (unpaired) electrons. The Morgan fingerprint density at radius 2 is 1.87 bits per heavy atom. The Morgan fingerprint density at radius 3 is 2.52 bits per heavy atom. The normalized spacial score (nSPS) is 11.8. The molecule has 23 heavy (non-hydrogen) atoms. The second-order valence-electron chi connectivity index (χ2n) is 5.25. The van der Waals surface area contributed by atoms with Gasteiger partial charge in [-0.05, 0) is 30.7 Å². The van der Waals surface area contributed by atoms with Gasteiger partial charge in [-0.2, -0.15) is 0 Å². The average Bonchev–Trinajstić information content (AvgIpc) is 2.59. The number of methoxy groups -OCH3 is 1. The van der Waals surface area contributed by atoms with Crippen LogP contribution in [0.1, 0.15) is 24.1 Å². The quantitative estimate of drug-likeness (QED) is 0.770. The minimum Gasteiger partial charge on any atom is -0.468 e. The van der Waals surface area contributed by atoms with Gasteiger partial charge in [-0.25, -0.2) is 4.39 Å². The Balaban J connectivity index is 1.88. The van der Waals surface area contributed by atoms with Gasteiger partial charge >= 0.3 is 5.97 Å². The molecule has 0 aliphatic carbocycles. The highest BCUT2D eigenvalue weighted by atomic mass is 19.1. The van der Waals surface area contributed by atoms with Crippen molar-refractivity contribution in [3.8, 4) is 0 Å². The first-order valence-corrected chi connectivity index (χ1v) is 7.47. The molecule has 1 atom stereocenters. The molecule has 0 spiro atoms. The zero-order chi connectivity index (χ0) is 16.7. The molecule has 4 nitrogen and oxygen atoms in total. The number of nitrogens with one attached hydrogen (secondary N) is 2. The first kappa shape index (κ1) is 17.0. The first-order chi connectivity index (χ1) is 11.1. The van der Waals surface area contributed by atoms with Gasteiger partial charge in [0.25, 0.3) is 0 Å². The Labute approximate surface area is 135 Å². The van der Waals surface area contributed by atoms with Crippen LogP contribution in [0.3, 0.4) is 0 Å². The fraction of sp³-hybridized carbons (Fsp3) is 0.278. The van der Waals surface area contributed by atoms with Gasteiger partial charge in [0.1, 0.15) is 12.4 Å². The zero-order valence-corrected chi connectivity index (χ0v) is 13.3. The van der Waals surface area contributed by atoms with Gasteiger partial charge in [-0.15, -0.1) is 0 Å². The van der Waals surface area contributed by atoms with Crippen molar-refractivity contribution in [3.63, 3.8) is 0 Å². The topological polar surface area (TPSA) is 50.4 Å². The SMILES string of the molecule is COC(=O)CNc1ccc(C(C)NCc2ccccc2F)cc1. The molecule has 0 fully saturated rings. The van der Waals surface area contributed by atoms with Crippen molar-refractivity contribution < 1.29 is 13.9 Å². The molecule has 0 bridgehead atoms. The molecule has 2 N–H and O–H groups in total. The average molecular weight is 316 g/mol. The number of carbonyl (C=O) groups is 1. The van der Waals surface area contributed by atoms with Gasteiger partial charge in [0, 0.05) is 23.8 Å². The molecule has 0 amide bonds. The van der Waals surface area contributed by atoms with Crippen molar-refractivity contribution in [2.75, 3.05) is 19.0 Å². The number of benzene rings is 2. The van der Waals surface area contributed by atoms with E-state index in [1.807, 2.05) is 37.3 Å². The lowest BCUT2D eigenvalue weighted by Gasteiger charge is -2.15. The Kier molecular flexibility index (Phi) is 6.11. The van der Waals surface area contributed by atoms with E-state index >= 15 is 0 Å². The Bertz CT molecular complexity index is 644. The monoisotopic (exact) mass is 316 g/mol. The van der Waals surface area contributed by atoms with Crippen LogP contribution in [-0.4, -0.2) is 19.6 Å². The van der Waals surface area contributed by atoms with Gasteiger partial charge in [0.05, 0.1) is 7.11 Å². The third-order valence-electron chi connectivity index (χ3n) is 3.63. The molecule has 0 aliphatic rings. The molecule has 2 aromatic carbocycles. The molecule has 0 aliphatic heterocycles. The summed E-state index contributed by atoms with van der Waals surface area (Å²) in [5.41, 5.74) is 2.58. The van der Waals surface area contributed by atoms with Crippen LogP contribution in [0.5, 0.6) is 0 Å². The molecular formula is C18H21FN2O2. The molecule has 0 saturated heterocycles. The summed E-state index contributed by atoms with van der Waals surface area (Å²) in [6.45, 7) is 2.63. The summed E-state index contributed by atoms with van der Waals surface area (Å²) < 4.78 is 18.2. The van der Waals surface area contributed by atoms with E-state index in [-0.39, 0.29) is 24.4 Å². The first-order valence-electron chi connectivity index (χ1n) is 7.47. The summed E-state index contributed by atoms with van der Waals surface area (Å²) in [5.74, 6) is -0.511. The maximum Gasteiger partial charge on any atom is 0.325 e. The summed E-state index contributed by atoms with van der Waals surface area (Å²) in [6, 6.07) is 14.6. The van der Waals surface area contributed by atoms with Gasteiger partial charge in [0.2, 0.25) is 0 Å². The van der Waals surface area contributed by atoms with Gasteiger partial charge in [-0.1, -0.05) is 30.3 Å². The molecule has 0 aromatic heterocycles. The molecule has 2 rings (SSSR count). The van der Waals surface area contributed by atoms with Crippen molar-refractivity contribution >= 4 is 11.7 Å². The van der Waals surface area contributed by atoms with Gasteiger partial charge in [0.15, 0.2) is 0 Å². The van der Waals surface area contributed by atoms with Crippen LogP contribution in [-0.2, 0) is 16.1 Å². The molecule has 1 unspecified atom stereocenters. The maximum atomic E-state index is 13.6. The van der Waals surface area contributed by atoms with Crippen LogP contribution in [0.2, 0.25) is 0 Å². The standard InChI is InChI=1S/C18H21FN2O2/c1-13(20-11-15-5-3-4-6-17(15)19)14-7-9-16(10-8-14)21-12-18(22)23-2/h3-10,13,20-21H,11-12H2,1-2H3. The van der Waals surface area contributed by atoms with E-state index < -0.39 is 0 Å². The van der Waals surface area contributed by atoms with Crippen LogP contribution in [0, 0.1) is 5.82 Å². The highest BCUT2D eigenvalue weighted by Crippen LogP contribution is 2.17. The summed E-state index contributed by atoms with van der Waals surface area (Å²) in [4.78, 5) is 11.1. The van der Waals surface area contributed by atoms with E-state index in [0.29, 0.717) is 12.1 Å². The number of hydrogen-bond acceptors (Lipinski definition) is 4. The molecular weight excluding hydrogens is 295 g/mol. The summed E-state index contributed by atoms with van der Waals surface area (Å²) in [5, 5.41) is 6.28. The lowest BCUT2D eigenvalue weighted by molar-refractivity contribution is -0.138. The lowest BCUT2D eigenvalue weighted by Crippen LogP contribution is -2.19. The third kappa shape index (κ3) is 5.07. The van der Waals surface area contributed by atoms with Crippen LogP contribution >= 0.6 is 0 Å². The number of esters is 1. The minimum atomic E-state index is -0.311. The van der Waals surface area contributed by atoms with E-state index in [0.717, 1.165) is 11.3 Å². The van der Waals surface area contributed by atoms with E-state index in [4.69, 9.17) is 0 Å². The number of anilines is 1. The van der Waals surface area contributed by atoms with Gasteiger partial charge in [-0.3, -0.25) is 4.79 Å². The van der Waals surface area contributed by atoms with Crippen molar-refractivity contribution in [2.24, 2.45) is 0 Å². The van der Waals surface area contributed by atoms with Crippen molar-refractivity contribution in [3.05, 3.63) is 65.5 Å². The van der Waals surface area contributed by atoms with Crippen molar-refractivity contribution in [1.29, 1.82) is 0 Å². The number of rotatable bonds is 7. The summed E-state index contributed by atoms with van der Waals surface area (Å²) in [6.07, 6.45) is 0. The fourth-order valence-electron chi connectivity index (χ4n) is 2.16.